The van der Waals surface area contributed by atoms with E-state index in [1.54, 1.807) is 37.6 Å². The number of anilines is 1. The summed E-state index contributed by atoms with van der Waals surface area (Å²) in [6.45, 7) is 5.11. The van der Waals surface area contributed by atoms with E-state index in [0.717, 1.165) is 5.56 Å². The first-order valence-corrected chi connectivity index (χ1v) is 12.2. The second-order valence-electron chi connectivity index (χ2n) is 9.66. The maximum Gasteiger partial charge on any atom is 0.490 e. The van der Waals surface area contributed by atoms with Crippen LogP contribution < -0.4 is 4.90 Å². The van der Waals surface area contributed by atoms with E-state index in [0.29, 0.717) is 43.1 Å². The second kappa shape index (κ2) is 11.1. The lowest BCUT2D eigenvalue weighted by Crippen LogP contribution is -2.59. The summed E-state index contributed by atoms with van der Waals surface area (Å²) in [6.07, 6.45) is -0.868. The maximum absolute atomic E-state index is 14.1. The molecule has 2 atom stereocenters. The summed E-state index contributed by atoms with van der Waals surface area (Å²) >= 11 is 0. The quantitative estimate of drug-likeness (QED) is 0.347. The molecular weight excluding hydrogens is 540 g/mol. The number of aryl methyl sites for hydroxylation is 1. The number of nitrogens with zero attached hydrogens (tertiary/aromatic N) is 4. The fraction of sp³-hybridized carbons (Fsp3) is 0.385. The van der Waals surface area contributed by atoms with Crippen LogP contribution in [-0.2, 0) is 22.7 Å². The molecule has 10 nitrogen and oxygen atoms in total. The number of halogens is 4. The van der Waals surface area contributed by atoms with Crippen LogP contribution in [-0.4, -0.2) is 62.3 Å². The average Bonchev–Trinajstić information content (AvgIpc) is 3.58. The van der Waals surface area contributed by atoms with Crippen LogP contribution in [0.25, 0.3) is 0 Å². The van der Waals surface area contributed by atoms with Gasteiger partial charge in [0.2, 0.25) is 0 Å². The molecular formula is C26H26F4N4O6. The van der Waals surface area contributed by atoms with Crippen LogP contribution in [0, 0.1) is 12.7 Å². The zero-order chi connectivity index (χ0) is 29.2. The number of likely N-dealkylation sites (tertiary alicyclic amines) is 1. The number of hydrogen-bond donors (Lipinski definition) is 1. The summed E-state index contributed by atoms with van der Waals surface area (Å²) in [5, 5.41) is 11.1. The minimum Gasteiger partial charge on any atom is -0.475 e. The number of carbonyl (C=O) groups excluding carboxylic acids is 2. The fourth-order valence-corrected chi connectivity index (χ4v) is 5.02. The van der Waals surface area contributed by atoms with E-state index in [9.17, 15) is 27.2 Å². The van der Waals surface area contributed by atoms with Gasteiger partial charge < -0.3 is 14.0 Å². The van der Waals surface area contributed by atoms with E-state index in [1.165, 1.54) is 21.9 Å². The minimum atomic E-state index is -5.08. The fourth-order valence-electron chi connectivity index (χ4n) is 5.02. The van der Waals surface area contributed by atoms with Crippen molar-refractivity contribution in [2.75, 3.05) is 11.4 Å². The minimum absolute atomic E-state index is 0.00961. The van der Waals surface area contributed by atoms with Crippen molar-refractivity contribution in [2.45, 2.75) is 57.5 Å². The standard InChI is InChI=1S/C24H25FN4O4.C2HF3O2/c1-16-12-24(7-8-27(16)13-18-6-9-32-15-18)22(30)28(14-20-10-17(2)33-26-20)23(31)29(24)21-5-3-4-19(25)11-21;3-2(4,5)1(6)7/h3-6,9-11,15-16H,7-8,12-14H2,1-2H3;(H,6,7)/t16-,24+;/m0./s1. The monoisotopic (exact) mass is 566 g/mol. The number of carboxylic acids is 1. The van der Waals surface area contributed by atoms with Crippen LogP contribution in [0.1, 0.15) is 36.8 Å². The topological polar surface area (TPSA) is 120 Å². The Kier molecular flexibility index (Phi) is 8.00. The number of carbonyl (C=O) groups is 3. The molecule has 1 aromatic carbocycles. The Morgan fingerprint density at radius 3 is 2.48 bits per heavy atom. The number of urea groups is 1. The number of rotatable bonds is 5. The molecule has 2 aromatic heterocycles. The summed E-state index contributed by atoms with van der Waals surface area (Å²) in [5.74, 6) is -2.90. The van der Waals surface area contributed by atoms with Gasteiger partial charge >= 0.3 is 18.2 Å². The van der Waals surface area contributed by atoms with Crippen molar-refractivity contribution in [3.05, 3.63) is 71.8 Å². The molecule has 214 valence electrons. The molecule has 3 amide bonds. The molecule has 0 radical (unpaired) electrons. The number of furan rings is 1. The van der Waals surface area contributed by atoms with Crippen LogP contribution >= 0.6 is 0 Å². The van der Waals surface area contributed by atoms with Gasteiger partial charge in [0.1, 0.15) is 22.8 Å². The van der Waals surface area contributed by atoms with Crippen molar-refractivity contribution in [3.8, 4) is 0 Å². The average molecular weight is 567 g/mol. The number of carboxylic acid groups (broad SMARTS) is 1. The Morgan fingerprint density at radius 1 is 1.20 bits per heavy atom. The second-order valence-corrected chi connectivity index (χ2v) is 9.66. The highest BCUT2D eigenvalue weighted by molar-refractivity contribution is 6.16. The first-order valence-electron chi connectivity index (χ1n) is 12.2. The van der Waals surface area contributed by atoms with Crippen LogP contribution in [0.15, 0.2) is 57.9 Å². The molecule has 0 saturated carbocycles. The van der Waals surface area contributed by atoms with Gasteiger partial charge in [0.15, 0.2) is 0 Å². The largest absolute Gasteiger partial charge is 0.490 e. The molecule has 0 unspecified atom stereocenters. The van der Waals surface area contributed by atoms with Crippen molar-refractivity contribution >= 4 is 23.6 Å². The zero-order valence-corrected chi connectivity index (χ0v) is 21.5. The molecule has 4 heterocycles. The predicted molar refractivity (Wildman–Crippen MR) is 130 cm³/mol. The third-order valence-corrected chi connectivity index (χ3v) is 6.83. The molecule has 3 aromatic rings. The lowest BCUT2D eigenvalue weighted by Gasteiger charge is -2.45. The first-order chi connectivity index (χ1) is 18.8. The third kappa shape index (κ3) is 5.86. The van der Waals surface area contributed by atoms with Crippen molar-refractivity contribution in [3.63, 3.8) is 0 Å². The van der Waals surface area contributed by atoms with Gasteiger partial charge in [-0.25, -0.2) is 14.0 Å². The number of hydrogen-bond acceptors (Lipinski definition) is 7. The molecule has 2 aliphatic heterocycles. The van der Waals surface area contributed by atoms with Gasteiger partial charge in [-0.1, -0.05) is 11.2 Å². The number of imide groups is 1. The third-order valence-electron chi connectivity index (χ3n) is 6.83. The van der Waals surface area contributed by atoms with Gasteiger partial charge in [-0.05, 0) is 51.0 Å². The number of benzene rings is 1. The molecule has 5 rings (SSSR count). The summed E-state index contributed by atoms with van der Waals surface area (Å²) in [7, 11) is 0. The molecule has 14 heteroatoms. The van der Waals surface area contributed by atoms with Gasteiger partial charge in [0.25, 0.3) is 5.91 Å². The summed E-state index contributed by atoms with van der Waals surface area (Å²) in [5.41, 5.74) is 0.839. The smallest absolute Gasteiger partial charge is 0.475 e. The van der Waals surface area contributed by atoms with E-state index in [4.69, 9.17) is 18.8 Å². The lowest BCUT2D eigenvalue weighted by atomic mass is 9.81. The van der Waals surface area contributed by atoms with Crippen LogP contribution in [0.4, 0.5) is 28.0 Å². The summed E-state index contributed by atoms with van der Waals surface area (Å²) < 4.78 is 56.2. The molecule has 1 spiro atoms. The van der Waals surface area contributed by atoms with E-state index in [2.05, 4.69) is 10.1 Å². The number of piperidine rings is 1. The SMILES string of the molecule is Cc1cc(CN2C(=O)N(c3cccc(F)c3)[C@@]3(CCN(Cc4ccoc4)[C@@H](C)C3)C2=O)no1.O=C(O)C(F)(F)F. The van der Waals surface area contributed by atoms with Gasteiger partial charge in [-0.15, -0.1) is 0 Å². The Bertz CT molecular complexity index is 1380. The van der Waals surface area contributed by atoms with Crippen LogP contribution in [0.2, 0.25) is 0 Å². The summed E-state index contributed by atoms with van der Waals surface area (Å²) in [6, 6.07) is 9.01. The molecule has 2 saturated heterocycles. The maximum atomic E-state index is 14.1. The molecule has 0 aliphatic carbocycles. The Labute approximate surface area is 225 Å². The first kappa shape index (κ1) is 28.8. The number of aromatic nitrogens is 1. The van der Waals surface area contributed by atoms with Gasteiger partial charge in [0.05, 0.1) is 19.1 Å². The predicted octanol–water partition coefficient (Wildman–Crippen LogP) is 4.74. The zero-order valence-electron chi connectivity index (χ0n) is 21.5. The Balaban J connectivity index is 0.000000470. The Morgan fingerprint density at radius 2 is 1.93 bits per heavy atom. The van der Waals surface area contributed by atoms with Crippen molar-refractivity contribution in [2.24, 2.45) is 0 Å². The van der Waals surface area contributed by atoms with E-state index in [1.807, 2.05) is 13.0 Å². The van der Waals surface area contributed by atoms with Crippen LogP contribution in [0.5, 0.6) is 0 Å². The number of amides is 3. The summed E-state index contributed by atoms with van der Waals surface area (Å²) in [4.78, 5) is 41.3. The number of alkyl halides is 3. The van der Waals surface area contributed by atoms with Crippen LogP contribution in [0.3, 0.4) is 0 Å². The normalized spacial score (nSPS) is 21.6. The van der Waals surface area contributed by atoms with Gasteiger partial charge in [-0.3, -0.25) is 19.5 Å². The lowest BCUT2D eigenvalue weighted by molar-refractivity contribution is -0.192. The highest BCUT2D eigenvalue weighted by Gasteiger charge is 2.60. The van der Waals surface area contributed by atoms with E-state index in [-0.39, 0.29) is 18.5 Å². The number of aliphatic carboxylic acids is 1. The van der Waals surface area contributed by atoms with Crippen molar-refractivity contribution < 1.29 is 46.0 Å². The van der Waals surface area contributed by atoms with E-state index < -0.39 is 29.5 Å². The van der Waals surface area contributed by atoms with Gasteiger partial charge in [0, 0.05) is 36.4 Å². The molecule has 40 heavy (non-hydrogen) atoms. The van der Waals surface area contributed by atoms with E-state index >= 15 is 0 Å². The highest BCUT2D eigenvalue weighted by atomic mass is 19.4. The molecule has 0 bridgehead atoms. The van der Waals surface area contributed by atoms with Crippen molar-refractivity contribution in [1.82, 2.24) is 15.0 Å². The van der Waals surface area contributed by atoms with Gasteiger partial charge in [-0.2, -0.15) is 13.2 Å². The van der Waals surface area contributed by atoms with Crippen molar-refractivity contribution in [1.29, 1.82) is 0 Å². The Hall–Kier alpha value is -4.20. The molecule has 2 fully saturated rings. The molecule has 2 aliphatic rings. The molecule has 1 N–H and O–H groups in total. The highest BCUT2D eigenvalue weighted by Crippen LogP contribution is 2.43.